The standard InChI is InChI=1S/C13H16N4O2/c1-10(17-9-14-8-16-17)13(19)15-7-12(18)11-5-3-2-4-6-11/h2-6,8-10,12,18H,7H2,1H3,(H,15,19). The van der Waals surface area contributed by atoms with Crippen LogP contribution in [0.5, 0.6) is 0 Å². The van der Waals surface area contributed by atoms with Crippen LogP contribution in [0.2, 0.25) is 0 Å². The first-order chi connectivity index (χ1) is 9.18. The van der Waals surface area contributed by atoms with Crippen LogP contribution in [0, 0.1) is 0 Å². The molecule has 0 aliphatic heterocycles. The molecule has 0 fully saturated rings. The van der Waals surface area contributed by atoms with Gasteiger partial charge >= 0.3 is 0 Å². The van der Waals surface area contributed by atoms with E-state index in [2.05, 4.69) is 15.4 Å². The van der Waals surface area contributed by atoms with Crippen LogP contribution >= 0.6 is 0 Å². The lowest BCUT2D eigenvalue weighted by molar-refractivity contribution is -0.124. The van der Waals surface area contributed by atoms with Crippen molar-refractivity contribution in [3.05, 3.63) is 48.5 Å². The molecule has 2 aromatic rings. The maximum atomic E-state index is 11.9. The van der Waals surface area contributed by atoms with Gasteiger partial charge in [0.25, 0.3) is 0 Å². The van der Waals surface area contributed by atoms with Crippen LogP contribution in [-0.2, 0) is 4.79 Å². The summed E-state index contributed by atoms with van der Waals surface area (Å²) in [5.41, 5.74) is 0.774. The van der Waals surface area contributed by atoms with E-state index < -0.39 is 12.1 Å². The Morgan fingerprint density at radius 2 is 2.16 bits per heavy atom. The van der Waals surface area contributed by atoms with Gasteiger partial charge in [0.2, 0.25) is 5.91 Å². The van der Waals surface area contributed by atoms with Crippen molar-refractivity contribution in [3.63, 3.8) is 0 Å². The smallest absolute Gasteiger partial charge is 0.244 e. The minimum absolute atomic E-state index is 0.169. The predicted octanol–water partition coefficient (Wildman–Crippen LogP) is 0.689. The van der Waals surface area contributed by atoms with Crippen molar-refractivity contribution in [1.29, 1.82) is 0 Å². The number of amides is 1. The molecule has 0 aliphatic carbocycles. The number of rotatable bonds is 5. The molecule has 1 aromatic carbocycles. The van der Waals surface area contributed by atoms with E-state index in [0.29, 0.717) is 0 Å². The highest BCUT2D eigenvalue weighted by atomic mass is 16.3. The number of carbonyl (C=O) groups excluding carboxylic acids is 1. The highest BCUT2D eigenvalue weighted by molar-refractivity contribution is 5.79. The van der Waals surface area contributed by atoms with Crippen molar-refractivity contribution < 1.29 is 9.90 Å². The molecule has 6 nitrogen and oxygen atoms in total. The van der Waals surface area contributed by atoms with E-state index in [1.165, 1.54) is 17.3 Å². The number of carbonyl (C=O) groups is 1. The molecule has 0 saturated carbocycles. The van der Waals surface area contributed by atoms with Gasteiger partial charge in [-0.05, 0) is 12.5 Å². The Kier molecular flexibility index (Phi) is 4.25. The molecule has 1 aromatic heterocycles. The molecule has 2 atom stereocenters. The fourth-order valence-electron chi connectivity index (χ4n) is 1.68. The topological polar surface area (TPSA) is 80.0 Å². The van der Waals surface area contributed by atoms with Crippen LogP contribution in [0.25, 0.3) is 0 Å². The molecule has 2 N–H and O–H groups in total. The third-order valence-electron chi connectivity index (χ3n) is 2.87. The van der Waals surface area contributed by atoms with Crippen molar-refractivity contribution in [2.45, 2.75) is 19.1 Å². The minimum atomic E-state index is -0.715. The summed E-state index contributed by atoms with van der Waals surface area (Å²) in [5.74, 6) is -0.208. The molecule has 0 radical (unpaired) electrons. The van der Waals surface area contributed by atoms with E-state index in [0.717, 1.165) is 5.56 Å². The molecular weight excluding hydrogens is 244 g/mol. The van der Waals surface area contributed by atoms with E-state index in [4.69, 9.17) is 0 Å². The first-order valence-electron chi connectivity index (χ1n) is 6.03. The second kappa shape index (κ2) is 6.10. The minimum Gasteiger partial charge on any atom is -0.387 e. The van der Waals surface area contributed by atoms with Crippen LogP contribution in [0.4, 0.5) is 0 Å². The number of hydrogen-bond donors (Lipinski definition) is 2. The quantitative estimate of drug-likeness (QED) is 0.829. The summed E-state index contributed by atoms with van der Waals surface area (Å²) in [6.45, 7) is 1.89. The molecule has 1 heterocycles. The van der Waals surface area contributed by atoms with Crippen molar-refractivity contribution >= 4 is 5.91 Å². The van der Waals surface area contributed by atoms with Gasteiger partial charge < -0.3 is 10.4 Å². The summed E-state index contributed by atoms with van der Waals surface area (Å²) in [4.78, 5) is 15.7. The summed E-state index contributed by atoms with van der Waals surface area (Å²) in [5, 5.41) is 16.5. The van der Waals surface area contributed by atoms with E-state index in [9.17, 15) is 9.90 Å². The fourth-order valence-corrected chi connectivity index (χ4v) is 1.68. The number of benzene rings is 1. The van der Waals surface area contributed by atoms with Gasteiger partial charge in [0.1, 0.15) is 18.7 Å². The second-order valence-electron chi connectivity index (χ2n) is 4.22. The second-order valence-corrected chi connectivity index (χ2v) is 4.22. The average Bonchev–Trinajstić information content (AvgIpc) is 2.98. The van der Waals surface area contributed by atoms with E-state index in [-0.39, 0.29) is 12.5 Å². The Morgan fingerprint density at radius 3 is 2.79 bits per heavy atom. The Morgan fingerprint density at radius 1 is 1.42 bits per heavy atom. The van der Waals surface area contributed by atoms with E-state index in [1.807, 2.05) is 30.3 Å². The largest absolute Gasteiger partial charge is 0.387 e. The number of aliphatic hydroxyl groups excluding tert-OH is 1. The summed E-state index contributed by atoms with van der Waals surface area (Å²) in [6, 6.07) is 8.75. The predicted molar refractivity (Wildman–Crippen MR) is 69.1 cm³/mol. The van der Waals surface area contributed by atoms with Gasteiger partial charge in [-0.2, -0.15) is 5.10 Å². The molecule has 0 aliphatic rings. The Balaban J connectivity index is 1.87. The molecule has 1 amide bonds. The number of aromatic nitrogens is 3. The van der Waals surface area contributed by atoms with Crippen molar-refractivity contribution in [2.24, 2.45) is 0 Å². The maximum Gasteiger partial charge on any atom is 0.244 e. The fraction of sp³-hybridized carbons (Fsp3) is 0.308. The summed E-state index contributed by atoms with van der Waals surface area (Å²) >= 11 is 0. The van der Waals surface area contributed by atoms with Crippen LogP contribution in [0.3, 0.4) is 0 Å². The van der Waals surface area contributed by atoms with Gasteiger partial charge in [0.15, 0.2) is 0 Å². The number of aliphatic hydroxyl groups is 1. The van der Waals surface area contributed by atoms with Crippen LogP contribution in [0.1, 0.15) is 24.6 Å². The third kappa shape index (κ3) is 3.38. The zero-order chi connectivity index (χ0) is 13.7. The number of nitrogens with zero attached hydrogens (tertiary/aromatic N) is 3. The van der Waals surface area contributed by atoms with Crippen LogP contribution in [-0.4, -0.2) is 32.3 Å². The highest BCUT2D eigenvalue weighted by Crippen LogP contribution is 2.11. The lowest BCUT2D eigenvalue weighted by atomic mass is 10.1. The highest BCUT2D eigenvalue weighted by Gasteiger charge is 2.16. The van der Waals surface area contributed by atoms with Crippen molar-refractivity contribution in [1.82, 2.24) is 20.1 Å². The zero-order valence-electron chi connectivity index (χ0n) is 10.6. The van der Waals surface area contributed by atoms with Gasteiger partial charge in [0.05, 0.1) is 6.10 Å². The lowest BCUT2D eigenvalue weighted by Crippen LogP contribution is -2.34. The summed E-state index contributed by atoms with van der Waals surface area (Å²) < 4.78 is 1.46. The molecule has 100 valence electrons. The van der Waals surface area contributed by atoms with Crippen LogP contribution < -0.4 is 5.32 Å². The van der Waals surface area contributed by atoms with E-state index >= 15 is 0 Å². The molecule has 19 heavy (non-hydrogen) atoms. The first-order valence-corrected chi connectivity index (χ1v) is 6.03. The number of hydrogen-bond acceptors (Lipinski definition) is 4. The Hall–Kier alpha value is -2.21. The molecule has 2 rings (SSSR count). The van der Waals surface area contributed by atoms with Crippen molar-refractivity contribution in [2.75, 3.05) is 6.54 Å². The van der Waals surface area contributed by atoms with E-state index in [1.54, 1.807) is 6.92 Å². The third-order valence-corrected chi connectivity index (χ3v) is 2.87. The number of nitrogens with one attached hydrogen (secondary N) is 1. The monoisotopic (exact) mass is 260 g/mol. The molecule has 2 unspecified atom stereocenters. The van der Waals surface area contributed by atoms with Crippen LogP contribution in [0.15, 0.2) is 43.0 Å². The molecular formula is C13H16N4O2. The van der Waals surface area contributed by atoms with Gasteiger partial charge in [-0.25, -0.2) is 9.67 Å². The summed E-state index contributed by atoms with van der Waals surface area (Å²) in [6.07, 6.45) is 2.15. The van der Waals surface area contributed by atoms with Gasteiger partial charge in [-0.1, -0.05) is 30.3 Å². The molecule has 0 saturated heterocycles. The molecule has 0 bridgehead atoms. The zero-order valence-corrected chi connectivity index (χ0v) is 10.6. The van der Waals surface area contributed by atoms with Gasteiger partial charge in [0, 0.05) is 6.54 Å². The molecule has 6 heteroatoms. The average molecular weight is 260 g/mol. The lowest BCUT2D eigenvalue weighted by Gasteiger charge is -2.15. The first kappa shape index (κ1) is 13.2. The Labute approximate surface area is 111 Å². The summed E-state index contributed by atoms with van der Waals surface area (Å²) in [7, 11) is 0. The normalized spacial score (nSPS) is 13.8. The van der Waals surface area contributed by atoms with Gasteiger partial charge in [-0.3, -0.25) is 4.79 Å². The SMILES string of the molecule is CC(C(=O)NCC(O)c1ccccc1)n1cncn1. The molecule has 0 spiro atoms. The van der Waals surface area contributed by atoms with Gasteiger partial charge in [-0.15, -0.1) is 0 Å². The Bertz CT molecular complexity index is 513. The van der Waals surface area contributed by atoms with Crippen molar-refractivity contribution in [3.8, 4) is 0 Å². The maximum absolute atomic E-state index is 11.9.